The molecule has 180 valence electrons. The van der Waals surface area contributed by atoms with Crippen molar-refractivity contribution < 1.29 is 14.4 Å². The molecular formula is C27H28N4O3S. The Bertz CT molecular complexity index is 1230. The average Bonchev–Trinajstić information content (AvgIpc) is 3.20. The zero-order valence-corrected chi connectivity index (χ0v) is 20.4. The van der Waals surface area contributed by atoms with Crippen LogP contribution < -0.4 is 15.5 Å². The van der Waals surface area contributed by atoms with E-state index in [0.29, 0.717) is 34.9 Å². The van der Waals surface area contributed by atoms with Gasteiger partial charge in [-0.05, 0) is 55.1 Å². The first-order valence-electron chi connectivity index (χ1n) is 11.9. The summed E-state index contributed by atoms with van der Waals surface area (Å²) in [6.45, 7) is 4.99. The molecule has 1 unspecified atom stereocenters. The number of rotatable bonds is 3. The van der Waals surface area contributed by atoms with Crippen molar-refractivity contribution in [2.45, 2.75) is 25.8 Å². The number of carbonyl (C=O) groups is 3. The van der Waals surface area contributed by atoms with Crippen molar-refractivity contribution in [3.8, 4) is 0 Å². The van der Waals surface area contributed by atoms with Gasteiger partial charge < -0.3 is 15.5 Å². The van der Waals surface area contributed by atoms with Gasteiger partial charge in [0, 0.05) is 25.2 Å². The predicted molar refractivity (Wildman–Crippen MR) is 138 cm³/mol. The van der Waals surface area contributed by atoms with Gasteiger partial charge in [-0.25, -0.2) is 0 Å². The maximum absolute atomic E-state index is 13.8. The lowest BCUT2D eigenvalue weighted by Gasteiger charge is -2.31. The molecule has 2 aliphatic rings. The maximum Gasteiger partial charge on any atom is 0.268 e. The Balaban J connectivity index is 1.57. The monoisotopic (exact) mass is 488 g/mol. The lowest BCUT2D eigenvalue weighted by atomic mass is 9.99. The van der Waals surface area contributed by atoms with Crippen LogP contribution in [0.5, 0.6) is 0 Å². The van der Waals surface area contributed by atoms with Crippen LogP contribution in [-0.2, 0) is 4.79 Å². The van der Waals surface area contributed by atoms with Gasteiger partial charge in [0.15, 0.2) is 0 Å². The highest BCUT2D eigenvalue weighted by atomic mass is 32.1. The molecule has 1 saturated heterocycles. The van der Waals surface area contributed by atoms with E-state index in [2.05, 4.69) is 10.6 Å². The number of nitrogens with one attached hydrogen (secondary N) is 2. The third-order valence-electron chi connectivity index (χ3n) is 6.51. The van der Waals surface area contributed by atoms with Crippen molar-refractivity contribution in [3.63, 3.8) is 0 Å². The van der Waals surface area contributed by atoms with Crippen molar-refractivity contribution in [3.05, 3.63) is 81.5 Å². The van der Waals surface area contributed by atoms with Crippen LogP contribution in [0.4, 0.5) is 11.4 Å². The quantitative estimate of drug-likeness (QED) is 0.578. The molecule has 3 aromatic rings. The van der Waals surface area contributed by atoms with Gasteiger partial charge >= 0.3 is 0 Å². The second-order valence-corrected chi connectivity index (χ2v) is 9.91. The molecule has 3 heterocycles. The summed E-state index contributed by atoms with van der Waals surface area (Å²) >= 11 is 1.37. The number of carbonyl (C=O) groups excluding carboxylic acids is 3. The Morgan fingerprint density at radius 3 is 2.60 bits per heavy atom. The SMILES string of the molecule is Cc1ccc(C2CC(=O)Nc3cc(C(=O)N4CCCNCC4)ccc3N2C(=O)c2cccs2)cc1. The average molecular weight is 489 g/mol. The molecule has 35 heavy (non-hydrogen) atoms. The number of hydrogen-bond acceptors (Lipinski definition) is 5. The lowest BCUT2D eigenvalue weighted by Crippen LogP contribution is -2.35. The van der Waals surface area contributed by atoms with E-state index >= 15 is 0 Å². The number of anilines is 2. The van der Waals surface area contributed by atoms with Gasteiger partial charge in [0.2, 0.25) is 5.91 Å². The molecule has 2 aromatic carbocycles. The Labute approximate surface area is 208 Å². The highest BCUT2D eigenvalue weighted by Crippen LogP contribution is 2.40. The fourth-order valence-electron chi connectivity index (χ4n) is 4.67. The Hall–Kier alpha value is -3.49. The minimum atomic E-state index is -0.468. The molecule has 0 saturated carbocycles. The molecule has 3 amide bonds. The highest BCUT2D eigenvalue weighted by Gasteiger charge is 2.35. The largest absolute Gasteiger partial charge is 0.337 e. The van der Waals surface area contributed by atoms with Crippen LogP contribution >= 0.6 is 11.3 Å². The van der Waals surface area contributed by atoms with E-state index in [-0.39, 0.29) is 24.1 Å². The number of fused-ring (bicyclic) bond motifs is 1. The zero-order valence-electron chi connectivity index (χ0n) is 19.6. The topological polar surface area (TPSA) is 81.8 Å². The maximum atomic E-state index is 13.8. The molecule has 2 aliphatic heterocycles. The smallest absolute Gasteiger partial charge is 0.268 e. The molecule has 1 fully saturated rings. The number of thiophene rings is 1. The van der Waals surface area contributed by atoms with Crippen molar-refractivity contribution in [2.75, 3.05) is 36.4 Å². The number of aryl methyl sites for hydroxylation is 1. The molecule has 1 atom stereocenters. The molecule has 0 aliphatic carbocycles. The minimum absolute atomic E-state index is 0.0683. The van der Waals surface area contributed by atoms with Gasteiger partial charge in [-0.3, -0.25) is 19.3 Å². The van der Waals surface area contributed by atoms with Crippen LogP contribution in [0.15, 0.2) is 60.0 Å². The number of hydrogen-bond donors (Lipinski definition) is 2. The van der Waals surface area contributed by atoms with E-state index in [4.69, 9.17) is 0 Å². The fourth-order valence-corrected chi connectivity index (χ4v) is 5.33. The summed E-state index contributed by atoms with van der Waals surface area (Å²) < 4.78 is 0. The summed E-state index contributed by atoms with van der Waals surface area (Å²) in [5.74, 6) is -0.427. The van der Waals surface area contributed by atoms with Crippen molar-refractivity contribution in [1.82, 2.24) is 10.2 Å². The first kappa shape index (κ1) is 23.3. The molecular weight excluding hydrogens is 460 g/mol. The summed E-state index contributed by atoms with van der Waals surface area (Å²) in [6.07, 6.45) is 1.02. The van der Waals surface area contributed by atoms with Gasteiger partial charge in [0.25, 0.3) is 11.8 Å². The van der Waals surface area contributed by atoms with Gasteiger partial charge in [-0.15, -0.1) is 11.3 Å². The molecule has 0 radical (unpaired) electrons. The zero-order chi connectivity index (χ0) is 24.4. The second-order valence-electron chi connectivity index (χ2n) is 8.96. The third kappa shape index (κ3) is 4.85. The van der Waals surface area contributed by atoms with E-state index in [1.54, 1.807) is 29.2 Å². The number of amides is 3. The van der Waals surface area contributed by atoms with Crippen LogP contribution in [0.1, 0.15) is 50.0 Å². The molecule has 1 aromatic heterocycles. The number of nitrogens with zero attached hydrogens (tertiary/aromatic N) is 2. The van der Waals surface area contributed by atoms with Crippen LogP contribution in [0.3, 0.4) is 0 Å². The summed E-state index contributed by atoms with van der Waals surface area (Å²) in [5, 5.41) is 8.14. The van der Waals surface area contributed by atoms with E-state index in [9.17, 15) is 14.4 Å². The molecule has 0 spiro atoms. The first-order chi connectivity index (χ1) is 17.0. The highest BCUT2D eigenvalue weighted by molar-refractivity contribution is 7.12. The van der Waals surface area contributed by atoms with E-state index in [1.165, 1.54) is 11.3 Å². The van der Waals surface area contributed by atoms with E-state index < -0.39 is 6.04 Å². The Kier molecular flexibility index (Phi) is 6.66. The van der Waals surface area contributed by atoms with Crippen LogP contribution in [0.2, 0.25) is 0 Å². The number of benzene rings is 2. The van der Waals surface area contributed by atoms with Crippen molar-refractivity contribution in [1.29, 1.82) is 0 Å². The summed E-state index contributed by atoms with van der Waals surface area (Å²) in [6, 6.07) is 16.4. The summed E-state index contributed by atoms with van der Waals surface area (Å²) in [5.41, 5.74) is 3.57. The predicted octanol–water partition coefficient (Wildman–Crippen LogP) is 4.22. The third-order valence-corrected chi connectivity index (χ3v) is 7.37. The summed E-state index contributed by atoms with van der Waals surface area (Å²) in [4.78, 5) is 44.2. The molecule has 0 bridgehead atoms. The molecule has 8 heteroatoms. The van der Waals surface area contributed by atoms with Crippen molar-refractivity contribution in [2.24, 2.45) is 0 Å². The van der Waals surface area contributed by atoms with Gasteiger partial charge in [0.05, 0.1) is 28.7 Å². The molecule has 7 nitrogen and oxygen atoms in total. The van der Waals surface area contributed by atoms with Gasteiger partial charge in [-0.1, -0.05) is 35.9 Å². The first-order valence-corrected chi connectivity index (χ1v) is 12.8. The summed E-state index contributed by atoms with van der Waals surface area (Å²) in [7, 11) is 0. The Morgan fingerprint density at radius 1 is 1.00 bits per heavy atom. The second kappa shape index (κ2) is 10.0. The normalized spacial score (nSPS) is 18.3. The minimum Gasteiger partial charge on any atom is -0.337 e. The van der Waals surface area contributed by atoms with Crippen LogP contribution in [0.25, 0.3) is 0 Å². The van der Waals surface area contributed by atoms with E-state index in [0.717, 1.165) is 30.6 Å². The van der Waals surface area contributed by atoms with Gasteiger partial charge in [0.1, 0.15) is 0 Å². The van der Waals surface area contributed by atoms with E-state index in [1.807, 2.05) is 47.5 Å². The van der Waals surface area contributed by atoms with Gasteiger partial charge in [-0.2, -0.15) is 0 Å². The van der Waals surface area contributed by atoms with Crippen LogP contribution in [0, 0.1) is 6.92 Å². The standard InChI is InChI=1S/C27H28N4O3S/c1-18-5-7-19(8-6-18)23-17-25(32)29-21-16-20(26(33)30-13-3-11-28-12-14-30)9-10-22(21)31(23)27(34)24-4-2-15-35-24/h2,4-10,15-16,23,28H,3,11-14,17H2,1H3,(H,29,32). The lowest BCUT2D eigenvalue weighted by molar-refractivity contribution is -0.116. The van der Waals surface area contributed by atoms with Crippen LogP contribution in [-0.4, -0.2) is 48.8 Å². The Morgan fingerprint density at radius 2 is 1.83 bits per heavy atom. The molecule has 5 rings (SSSR count). The van der Waals surface area contributed by atoms with Crippen molar-refractivity contribution >= 4 is 40.4 Å². The fraction of sp³-hybridized carbons (Fsp3) is 0.296. The molecule has 2 N–H and O–H groups in total.